The van der Waals surface area contributed by atoms with Crippen LogP contribution in [-0.4, -0.2) is 44.6 Å². The van der Waals surface area contributed by atoms with Crippen molar-refractivity contribution in [3.05, 3.63) is 35.6 Å². The van der Waals surface area contributed by atoms with Gasteiger partial charge in [-0.2, -0.15) is 0 Å². The fourth-order valence-corrected chi connectivity index (χ4v) is 3.19. The van der Waals surface area contributed by atoms with Crippen LogP contribution in [0.25, 0.3) is 0 Å². The van der Waals surface area contributed by atoms with Gasteiger partial charge in [-0.25, -0.2) is 17.5 Å². The van der Waals surface area contributed by atoms with E-state index in [1.54, 1.807) is 24.0 Å². The summed E-state index contributed by atoms with van der Waals surface area (Å²) in [6.07, 6.45) is 1.43. The molecule has 22 heavy (non-hydrogen) atoms. The van der Waals surface area contributed by atoms with Gasteiger partial charge in [0.05, 0.1) is 11.3 Å². The Balaban J connectivity index is 1.87. The van der Waals surface area contributed by atoms with Gasteiger partial charge in [-0.15, -0.1) is 0 Å². The van der Waals surface area contributed by atoms with E-state index in [9.17, 15) is 17.6 Å². The lowest BCUT2D eigenvalue weighted by Crippen LogP contribution is -2.42. The van der Waals surface area contributed by atoms with Crippen LogP contribution in [0, 0.1) is 11.7 Å². The molecule has 0 saturated carbocycles. The molecule has 1 amide bonds. The van der Waals surface area contributed by atoms with Crippen molar-refractivity contribution in [1.82, 2.24) is 9.62 Å². The van der Waals surface area contributed by atoms with E-state index in [1.807, 2.05) is 0 Å². The molecular formula is C15H21FN2O3S. The summed E-state index contributed by atoms with van der Waals surface area (Å²) >= 11 is 0. The zero-order valence-electron chi connectivity index (χ0n) is 12.6. The van der Waals surface area contributed by atoms with E-state index in [-0.39, 0.29) is 23.1 Å². The lowest BCUT2D eigenvalue weighted by molar-refractivity contribution is 0.0687. The summed E-state index contributed by atoms with van der Waals surface area (Å²) in [6.45, 7) is 3.04. The van der Waals surface area contributed by atoms with Gasteiger partial charge in [-0.05, 0) is 37.8 Å². The monoisotopic (exact) mass is 328 g/mol. The molecule has 5 nitrogen and oxygen atoms in total. The summed E-state index contributed by atoms with van der Waals surface area (Å²) in [7, 11) is -3.18. The summed E-state index contributed by atoms with van der Waals surface area (Å²) in [5.74, 6) is -0.528. The molecule has 0 radical (unpaired) electrons. The zero-order chi connectivity index (χ0) is 16.2. The molecular weight excluding hydrogens is 307 g/mol. The number of nitrogens with one attached hydrogen (secondary N) is 1. The highest BCUT2D eigenvalue weighted by Crippen LogP contribution is 2.19. The smallest absolute Gasteiger partial charge is 0.256 e. The fraction of sp³-hybridized carbons (Fsp3) is 0.533. The van der Waals surface area contributed by atoms with Crippen molar-refractivity contribution in [2.75, 3.05) is 25.4 Å². The average molecular weight is 328 g/mol. The molecule has 1 aromatic rings. The fourth-order valence-electron chi connectivity index (χ4n) is 2.49. The third-order valence-electron chi connectivity index (χ3n) is 3.98. The Morgan fingerprint density at radius 3 is 2.55 bits per heavy atom. The maximum absolute atomic E-state index is 13.6. The molecule has 1 heterocycles. The Labute approximate surface area is 130 Å². The summed E-state index contributed by atoms with van der Waals surface area (Å²) in [4.78, 5) is 13.9. The molecule has 1 aliphatic heterocycles. The van der Waals surface area contributed by atoms with Crippen molar-refractivity contribution in [1.29, 1.82) is 0 Å². The van der Waals surface area contributed by atoms with Crippen molar-refractivity contribution < 1.29 is 17.6 Å². The van der Waals surface area contributed by atoms with Gasteiger partial charge in [0, 0.05) is 19.6 Å². The van der Waals surface area contributed by atoms with Crippen LogP contribution in [0.15, 0.2) is 24.3 Å². The highest BCUT2D eigenvalue weighted by molar-refractivity contribution is 7.89. The Morgan fingerprint density at radius 1 is 1.32 bits per heavy atom. The topological polar surface area (TPSA) is 66.5 Å². The van der Waals surface area contributed by atoms with Crippen LogP contribution in [0.1, 0.15) is 30.1 Å². The third-order valence-corrected chi connectivity index (χ3v) is 5.34. The van der Waals surface area contributed by atoms with Gasteiger partial charge in [-0.1, -0.05) is 12.1 Å². The van der Waals surface area contributed by atoms with Gasteiger partial charge in [0.25, 0.3) is 5.91 Å². The first-order valence-corrected chi connectivity index (χ1v) is 9.09. The largest absolute Gasteiger partial charge is 0.339 e. The van der Waals surface area contributed by atoms with E-state index in [4.69, 9.17) is 0 Å². The minimum Gasteiger partial charge on any atom is -0.339 e. The molecule has 1 saturated heterocycles. The van der Waals surface area contributed by atoms with Crippen LogP contribution in [0.5, 0.6) is 0 Å². The number of rotatable bonds is 5. The lowest BCUT2D eigenvalue weighted by Gasteiger charge is -2.32. The van der Waals surface area contributed by atoms with Crippen molar-refractivity contribution in [3.8, 4) is 0 Å². The second-order valence-electron chi connectivity index (χ2n) is 5.47. The van der Waals surface area contributed by atoms with Crippen molar-refractivity contribution in [3.63, 3.8) is 0 Å². The van der Waals surface area contributed by atoms with E-state index >= 15 is 0 Å². The number of sulfonamides is 1. The number of benzene rings is 1. The summed E-state index contributed by atoms with van der Waals surface area (Å²) in [5.41, 5.74) is 0.0904. The molecule has 1 N–H and O–H groups in total. The number of amides is 1. The predicted molar refractivity (Wildman–Crippen MR) is 82.5 cm³/mol. The number of hydrogen-bond donors (Lipinski definition) is 1. The Morgan fingerprint density at radius 2 is 1.95 bits per heavy atom. The van der Waals surface area contributed by atoms with Gasteiger partial charge in [0.2, 0.25) is 10.0 Å². The zero-order valence-corrected chi connectivity index (χ0v) is 13.4. The second-order valence-corrected chi connectivity index (χ2v) is 7.56. The van der Waals surface area contributed by atoms with Gasteiger partial charge >= 0.3 is 0 Å². The number of piperidine rings is 1. The first-order valence-electron chi connectivity index (χ1n) is 7.44. The van der Waals surface area contributed by atoms with E-state index < -0.39 is 15.8 Å². The first-order chi connectivity index (χ1) is 10.4. The number of carbonyl (C=O) groups excluding carboxylic acids is 1. The number of hydrogen-bond acceptors (Lipinski definition) is 3. The molecule has 122 valence electrons. The highest BCUT2D eigenvalue weighted by atomic mass is 32.2. The first kappa shape index (κ1) is 16.9. The SMILES string of the molecule is CCS(=O)(=O)NCC1CCN(C(=O)c2ccccc2F)CC1. The van der Waals surface area contributed by atoms with Crippen LogP contribution < -0.4 is 4.72 Å². The standard InChI is InChI=1S/C15H21FN2O3S/c1-2-22(20,21)17-11-12-7-9-18(10-8-12)15(19)13-5-3-4-6-14(13)16/h3-6,12,17H,2,7-11H2,1H3. The van der Waals surface area contributed by atoms with Crippen LogP contribution in [-0.2, 0) is 10.0 Å². The molecule has 0 aromatic heterocycles. The normalized spacial score (nSPS) is 16.7. The van der Waals surface area contributed by atoms with E-state index in [2.05, 4.69) is 4.72 Å². The third kappa shape index (κ3) is 4.27. The van der Waals surface area contributed by atoms with E-state index in [1.165, 1.54) is 12.1 Å². The van der Waals surface area contributed by atoms with E-state index in [0.29, 0.717) is 32.5 Å². The lowest BCUT2D eigenvalue weighted by atomic mass is 9.96. The van der Waals surface area contributed by atoms with Gasteiger partial charge < -0.3 is 4.90 Å². The molecule has 7 heteroatoms. The van der Waals surface area contributed by atoms with Gasteiger partial charge in [0.15, 0.2) is 0 Å². The number of likely N-dealkylation sites (tertiary alicyclic amines) is 1. The Hall–Kier alpha value is -1.47. The number of halogens is 1. The van der Waals surface area contributed by atoms with E-state index in [0.717, 1.165) is 0 Å². The van der Waals surface area contributed by atoms with Crippen molar-refractivity contribution in [2.24, 2.45) is 5.92 Å². The van der Waals surface area contributed by atoms with Gasteiger partial charge in [0.1, 0.15) is 5.82 Å². The molecule has 1 aliphatic rings. The molecule has 1 fully saturated rings. The Kier molecular flexibility index (Phi) is 5.52. The van der Waals surface area contributed by atoms with Crippen molar-refractivity contribution >= 4 is 15.9 Å². The quantitative estimate of drug-likeness (QED) is 0.893. The summed E-state index contributed by atoms with van der Waals surface area (Å²) < 4.78 is 39.0. The van der Waals surface area contributed by atoms with Crippen LogP contribution in [0.2, 0.25) is 0 Å². The number of carbonyl (C=O) groups is 1. The Bertz CT molecular complexity index is 625. The van der Waals surface area contributed by atoms with Crippen LogP contribution >= 0.6 is 0 Å². The maximum atomic E-state index is 13.6. The van der Waals surface area contributed by atoms with Gasteiger partial charge in [-0.3, -0.25) is 4.79 Å². The van der Waals surface area contributed by atoms with Crippen LogP contribution in [0.4, 0.5) is 4.39 Å². The molecule has 0 spiro atoms. The summed E-state index contributed by atoms with van der Waals surface area (Å²) in [5, 5.41) is 0. The van der Waals surface area contributed by atoms with Crippen LogP contribution in [0.3, 0.4) is 0 Å². The summed E-state index contributed by atoms with van der Waals surface area (Å²) in [6, 6.07) is 5.96. The maximum Gasteiger partial charge on any atom is 0.256 e. The minimum atomic E-state index is -3.18. The minimum absolute atomic E-state index is 0.0671. The highest BCUT2D eigenvalue weighted by Gasteiger charge is 2.25. The molecule has 0 unspecified atom stereocenters. The molecule has 2 rings (SSSR count). The average Bonchev–Trinajstić information content (AvgIpc) is 2.53. The number of nitrogens with zero attached hydrogens (tertiary/aromatic N) is 1. The second kappa shape index (κ2) is 7.19. The predicted octanol–water partition coefficient (Wildman–Crippen LogP) is 1.62. The van der Waals surface area contributed by atoms with Crippen molar-refractivity contribution in [2.45, 2.75) is 19.8 Å². The molecule has 0 atom stereocenters. The molecule has 1 aromatic carbocycles. The molecule has 0 aliphatic carbocycles. The molecule has 0 bridgehead atoms.